The van der Waals surface area contributed by atoms with Crippen molar-refractivity contribution in [2.75, 3.05) is 6.54 Å². The van der Waals surface area contributed by atoms with Crippen LogP contribution in [-0.2, 0) is 17.8 Å². The summed E-state index contributed by atoms with van der Waals surface area (Å²) in [6.07, 6.45) is 1.07. The molecule has 1 aromatic rings. The molecule has 4 nitrogen and oxygen atoms in total. The molecule has 2 rings (SSSR count). The van der Waals surface area contributed by atoms with Crippen LogP contribution in [0, 0.1) is 0 Å². The molecule has 1 aromatic carbocycles. The zero-order chi connectivity index (χ0) is 13.0. The van der Waals surface area contributed by atoms with Crippen LogP contribution < -0.4 is 10.6 Å². The van der Waals surface area contributed by atoms with Crippen molar-refractivity contribution >= 4 is 5.91 Å². The predicted molar refractivity (Wildman–Crippen MR) is 70.1 cm³/mol. The van der Waals surface area contributed by atoms with Crippen molar-refractivity contribution in [2.45, 2.75) is 38.5 Å². The Bertz CT molecular complexity index is 420. The Morgan fingerprint density at radius 1 is 1.44 bits per heavy atom. The number of aliphatic hydroxyl groups is 1. The van der Waals surface area contributed by atoms with E-state index in [-0.39, 0.29) is 11.9 Å². The highest BCUT2D eigenvalue weighted by Gasteiger charge is 2.27. The Morgan fingerprint density at radius 3 is 2.78 bits per heavy atom. The number of carbonyl (C=O) groups excluding carboxylic acids is 1. The molecule has 1 amide bonds. The van der Waals surface area contributed by atoms with Gasteiger partial charge in [-0.3, -0.25) is 4.79 Å². The number of aryl methyl sites for hydroxylation is 1. The number of hydrogen-bond donors (Lipinski definition) is 3. The van der Waals surface area contributed by atoms with Gasteiger partial charge >= 0.3 is 0 Å². The molecule has 0 unspecified atom stereocenters. The first-order valence-corrected chi connectivity index (χ1v) is 6.46. The van der Waals surface area contributed by atoms with Crippen LogP contribution in [0.5, 0.6) is 0 Å². The van der Waals surface area contributed by atoms with E-state index in [4.69, 9.17) is 0 Å². The third kappa shape index (κ3) is 3.09. The summed E-state index contributed by atoms with van der Waals surface area (Å²) in [7, 11) is 0. The molecule has 98 valence electrons. The molecule has 0 bridgehead atoms. The quantitative estimate of drug-likeness (QED) is 0.731. The second-order valence-electron chi connectivity index (χ2n) is 4.69. The highest BCUT2D eigenvalue weighted by molar-refractivity contribution is 5.82. The van der Waals surface area contributed by atoms with Gasteiger partial charge in [0.25, 0.3) is 0 Å². The van der Waals surface area contributed by atoms with E-state index in [1.54, 1.807) is 0 Å². The highest BCUT2D eigenvalue weighted by Crippen LogP contribution is 2.10. The lowest BCUT2D eigenvalue weighted by atomic mass is 10.1. The largest absolute Gasteiger partial charge is 0.392 e. The Morgan fingerprint density at radius 2 is 2.17 bits per heavy atom. The molecule has 4 heteroatoms. The maximum Gasteiger partial charge on any atom is 0.237 e. The lowest BCUT2D eigenvalue weighted by Gasteiger charge is -2.13. The van der Waals surface area contributed by atoms with Gasteiger partial charge in [-0.15, -0.1) is 0 Å². The minimum atomic E-state index is -0.399. The van der Waals surface area contributed by atoms with Crippen LogP contribution in [0.15, 0.2) is 24.3 Å². The molecule has 1 aliphatic heterocycles. The fourth-order valence-electron chi connectivity index (χ4n) is 2.30. The van der Waals surface area contributed by atoms with E-state index >= 15 is 0 Å². The van der Waals surface area contributed by atoms with Crippen LogP contribution in [0.2, 0.25) is 0 Å². The van der Waals surface area contributed by atoms with Crippen LogP contribution >= 0.6 is 0 Å². The molecular formula is C14H20N2O2. The average Bonchev–Trinajstić information content (AvgIpc) is 2.83. The predicted octanol–water partition coefficient (Wildman–Crippen LogP) is 0.588. The molecule has 1 heterocycles. The summed E-state index contributed by atoms with van der Waals surface area (Å²) in [4.78, 5) is 11.9. The van der Waals surface area contributed by atoms with Gasteiger partial charge in [0, 0.05) is 13.1 Å². The zero-order valence-electron chi connectivity index (χ0n) is 10.6. The van der Waals surface area contributed by atoms with Crippen LogP contribution in [0.4, 0.5) is 0 Å². The van der Waals surface area contributed by atoms with Crippen molar-refractivity contribution in [3.63, 3.8) is 0 Å². The normalized spacial score (nSPS) is 23.0. The van der Waals surface area contributed by atoms with Gasteiger partial charge in [-0.05, 0) is 24.0 Å². The standard InChI is InChI=1S/C14H20N2O2/c1-2-10-5-3-4-6-11(10)8-16-14(18)13-7-12(17)9-15-13/h3-6,12-13,15,17H,2,7-9H2,1H3,(H,16,18)/t12-,13+/m1/s1. The molecule has 1 fully saturated rings. The summed E-state index contributed by atoms with van der Waals surface area (Å²) < 4.78 is 0. The first-order chi connectivity index (χ1) is 8.70. The minimum absolute atomic E-state index is 0.0301. The summed E-state index contributed by atoms with van der Waals surface area (Å²) >= 11 is 0. The molecule has 0 spiro atoms. The second-order valence-corrected chi connectivity index (χ2v) is 4.69. The van der Waals surface area contributed by atoms with E-state index in [9.17, 15) is 9.90 Å². The van der Waals surface area contributed by atoms with E-state index in [2.05, 4.69) is 23.6 Å². The van der Waals surface area contributed by atoms with Gasteiger partial charge in [-0.25, -0.2) is 0 Å². The number of nitrogens with one attached hydrogen (secondary N) is 2. The summed E-state index contributed by atoms with van der Waals surface area (Å²) in [6.45, 7) is 3.16. The first kappa shape index (κ1) is 13.1. The van der Waals surface area contributed by atoms with Crippen molar-refractivity contribution in [2.24, 2.45) is 0 Å². The first-order valence-electron chi connectivity index (χ1n) is 6.46. The second kappa shape index (κ2) is 5.98. The molecule has 3 N–H and O–H groups in total. The number of amides is 1. The van der Waals surface area contributed by atoms with E-state index < -0.39 is 6.10 Å². The zero-order valence-corrected chi connectivity index (χ0v) is 10.6. The van der Waals surface area contributed by atoms with Gasteiger partial charge in [0.15, 0.2) is 0 Å². The van der Waals surface area contributed by atoms with Crippen LogP contribution in [0.1, 0.15) is 24.5 Å². The van der Waals surface area contributed by atoms with Crippen LogP contribution in [0.25, 0.3) is 0 Å². The number of carbonyl (C=O) groups is 1. The van der Waals surface area contributed by atoms with Crippen molar-refractivity contribution in [3.8, 4) is 0 Å². The number of β-amino-alcohol motifs (C(OH)–C–C–N with tert-alkyl or cyclic N) is 1. The monoisotopic (exact) mass is 248 g/mol. The molecule has 0 aromatic heterocycles. The summed E-state index contributed by atoms with van der Waals surface area (Å²) in [5, 5.41) is 15.3. The lowest BCUT2D eigenvalue weighted by Crippen LogP contribution is -2.40. The maximum atomic E-state index is 11.9. The SMILES string of the molecule is CCc1ccccc1CNC(=O)[C@@H]1C[C@@H](O)CN1. The lowest BCUT2D eigenvalue weighted by molar-refractivity contribution is -0.123. The Labute approximate surface area is 107 Å². The Kier molecular flexibility index (Phi) is 4.33. The molecule has 0 aliphatic carbocycles. The highest BCUT2D eigenvalue weighted by atomic mass is 16.3. The molecule has 2 atom stereocenters. The van der Waals surface area contributed by atoms with Gasteiger partial charge in [-0.1, -0.05) is 31.2 Å². The molecule has 0 saturated carbocycles. The van der Waals surface area contributed by atoms with Gasteiger partial charge in [0.05, 0.1) is 12.1 Å². The van der Waals surface area contributed by atoms with Gasteiger partial charge in [-0.2, -0.15) is 0 Å². The van der Waals surface area contributed by atoms with Gasteiger partial charge < -0.3 is 15.7 Å². The molecule has 1 aliphatic rings. The molecule has 1 saturated heterocycles. The fraction of sp³-hybridized carbons (Fsp3) is 0.500. The van der Waals surface area contributed by atoms with Crippen LogP contribution in [-0.4, -0.2) is 29.7 Å². The van der Waals surface area contributed by atoms with E-state index in [1.165, 1.54) is 5.56 Å². The molecule has 0 radical (unpaired) electrons. The van der Waals surface area contributed by atoms with Crippen molar-refractivity contribution in [1.29, 1.82) is 0 Å². The number of benzene rings is 1. The minimum Gasteiger partial charge on any atom is -0.392 e. The van der Waals surface area contributed by atoms with E-state index in [0.717, 1.165) is 12.0 Å². The van der Waals surface area contributed by atoms with Crippen molar-refractivity contribution in [3.05, 3.63) is 35.4 Å². The third-order valence-electron chi connectivity index (χ3n) is 3.38. The number of rotatable bonds is 4. The van der Waals surface area contributed by atoms with Gasteiger partial charge in [0.2, 0.25) is 5.91 Å². The topological polar surface area (TPSA) is 61.4 Å². The maximum absolute atomic E-state index is 11.9. The van der Waals surface area contributed by atoms with Crippen molar-refractivity contribution in [1.82, 2.24) is 10.6 Å². The summed E-state index contributed by atoms with van der Waals surface area (Å²) in [6, 6.07) is 7.86. The fourth-order valence-corrected chi connectivity index (χ4v) is 2.30. The summed E-state index contributed by atoms with van der Waals surface area (Å²) in [5.74, 6) is -0.0301. The van der Waals surface area contributed by atoms with Gasteiger partial charge in [0.1, 0.15) is 0 Å². The molecular weight excluding hydrogens is 228 g/mol. The van der Waals surface area contributed by atoms with E-state index in [0.29, 0.717) is 19.5 Å². The number of hydrogen-bond acceptors (Lipinski definition) is 3. The van der Waals surface area contributed by atoms with Crippen molar-refractivity contribution < 1.29 is 9.90 Å². The van der Waals surface area contributed by atoms with E-state index in [1.807, 2.05) is 18.2 Å². The summed E-state index contributed by atoms with van der Waals surface area (Å²) in [5.41, 5.74) is 2.42. The smallest absolute Gasteiger partial charge is 0.237 e. The van der Waals surface area contributed by atoms with Crippen LogP contribution in [0.3, 0.4) is 0 Å². The third-order valence-corrected chi connectivity index (χ3v) is 3.38. The Hall–Kier alpha value is -1.39. The molecule has 18 heavy (non-hydrogen) atoms. The average molecular weight is 248 g/mol. The Balaban J connectivity index is 1.89. The number of aliphatic hydroxyl groups excluding tert-OH is 1.